The van der Waals surface area contributed by atoms with Gasteiger partial charge in [-0.25, -0.2) is 0 Å². The predicted molar refractivity (Wildman–Crippen MR) is 89.8 cm³/mol. The largest absolute Gasteiger partial charge is 0.394 e. The van der Waals surface area contributed by atoms with Crippen molar-refractivity contribution in [1.29, 1.82) is 0 Å². The molecule has 0 amide bonds. The fourth-order valence-corrected chi connectivity index (χ4v) is 4.04. The smallest absolute Gasteiger partial charge is 0.370 e. The van der Waals surface area contributed by atoms with Crippen LogP contribution in [0.1, 0.15) is 47.0 Å². The first-order chi connectivity index (χ1) is 10.6. The van der Waals surface area contributed by atoms with Gasteiger partial charge in [-0.15, -0.1) is 0 Å². The second-order valence-corrected chi connectivity index (χ2v) is 8.93. The van der Waals surface area contributed by atoms with E-state index in [0.29, 0.717) is 13.2 Å². The molecule has 1 atom stereocenters. The molecule has 9 nitrogen and oxygen atoms in total. The maximum absolute atomic E-state index is 8.74. The van der Waals surface area contributed by atoms with Crippen LogP contribution in [0.4, 0.5) is 0 Å². The van der Waals surface area contributed by atoms with Crippen LogP contribution in [0.15, 0.2) is 4.99 Å². The van der Waals surface area contributed by atoms with E-state index in [4.69, 9.17) is 38.5 Å². The Morgan fingerprint density at radius 1 is 1.12 bits per heavy atom. The van der Waals surface area contributed by atoms with E-state index in [1.807, 2.05) is 0 Å². The SMILES string of the molecule is CC1(C)CC(C)(C)CC2(C1)OCC(CN=C(N)N)O2.O=S(=O)(O)O. The molecule has 0 aromatic carbocycles. The number of ether oxygens (including phenoxy) is 2. The van der Waals surface area contributed by atoms with Gasteiger partial charge in [0.15, 0.2) is 11.7 Å². The Labute approximate surface area is 143 Å². The van der Waals surface area contributed by atoms with E-state index in [-0.39, 0.29) is 22.9 Å². The summed E-state index contributed by atoms with van der Waals surface area (Å²) >= 11 is 0. The van der Waals surface area contributed by atoms with Crippen molar-refractivity contribution in [3.63, 3.8) is 0 Å². The zero-order chi connectivity index (χ0) is 18.8. The summed E-state index contributed by atoms with van der Waals surface area (Å²) < 4.78 is 43.8. The highest BCUT2D eigenvalue weighted by Gasteiger charge is 2.52. The van der Waals surface area contributed by atoms with E-state index in [1.54, 1.807) is 0 Å². The first kappa shape index (κ1) is 21.1. The molecule has 1 saturated carbocycles. The van der Waals surface area contributed by atoms with Gasteiger partial charge in [0.2, 0.25) is 0 Å². The summed E-state index contributed by atoms with van der Waals surface area (Å²) in [7, 11) is -4.67. The summed E-state index contributed by atoms with van der Waals surface area (Å²) in [6.45, 7) is 10.2. The molecule has 6 N–H and O–H groups in total. The standard InChI is InChI=1S/C14H27N3O2.H2O4S/c1-12(2)7-13(3,4)9-14(8-12)18-6-10(19-14)5-17-11(15)16;1-5(2,3)4/h10H,5-9H2,1-4H3,(H4,15,16,17);(H2,1,2,3,4). The minimum Gasteiger partial charge on any atom is -0.370 e. The third kappa shape index (κ3) is 7.75. The van der Waals surface area contributed by atoms with E-state index >= 15 is 0 Å². The number of hydrogen-bond acceptors (Lipinski definition) is 5. The van der Waals surface area contributed by atoms with Gasteiger partial charge in [0.25, 0.3) is 0 Å². The van der Waals surface area contributed by atoms with Crippen LogP contribution in [-0.2, 0) is 19.9 Å². The summed E-state index contributed by atoms with van der Waals surface area (Å²) in [4.78, 5) is 4.02. The summed E-state index contributed by atoms with van der Waals surface area (Å²) in [6.07, 6.45) is 3.02. The number of aliphatic imine (C=N–C) groups is 1. The van der Waals surface area contributed by atoms with E-state index in [1.165, 1.54) is 6.42 Å². The molecule has 142 valence electrons. The summed E-state index contributed by atoms with van der Waals surface area (Å²) in [5, 5.41) is 0. The summed E-state index contributed by atoms with van der Waals surface area (Å²) in [5.74, 6) is -0.344. The molecule has 2 fully saturated rings. The van der Waals surface area contributed by atoms with E-state index in [2.05, 4.69) is 32.7 Å². The highest BCUT2D eigenvalue weighted by molar-refractivity contribution is 7.79. The molecular formula is C14H29N3O6S. The molecule has 1 aliphatic heterocycles. The Bertz CT molecular complexity index is 545. The topological polar surface area (TPSA) is 157 Å². The molecule has 0 aromatic heterocycles. The zero-order valence-electron chi connectivity index (χ0n) is 14.7. The van der Waals surface area contributed by atoms with Crippen LogP contribution in [0, 0.1) is 10.8 Å². The first-order valence-electron chi connectivity index (χ1n) is 7.69. The molecule has 0 aromatic rings. The normalized spacial score (nSPS) is 27.2. The van der Waals surface area contributed by atoms with Crippen LogP contribution in [0.2, 0.25) is 0 Å². The van der Waals surface area contributed by atoms with Crippen LogP contribution in [0.5, 0.6) is 0 Å². The van der Waals surface area contributed by atoms with Crippen molar-refractivity contribution in [3.05, 3.63) is 0 Å². The van der Waals surface area contributed by atoms with Gasteiger partial charge in [-0.05, 0) is 17.3 Å². The van der Waals surface area contributed by atoms with Gasteiger partial charge in [0.1, 0.15) is 6.10 Å². The van der Waals surface area contributed by atoms with Crippen LogP contribution < -0.4 is 11.5 Å². The van der Waals surface area contributed by atoms with Crippen LogP contribution in [-0.4, -0.2) is 48.5 Å². The second kappa shape index (κ2) is 7.12. The maximum atomic E-state index is 8.74. The number of guanidine groups is 1. The number of hydrogen-bond donors (Lipinski definition) is 4. The molecule has 1 saturated heterocycles. The van der Waals surface area contributed by atoms with Crippen LogP contribution in [0.25, 0.3) is 0 Å². The lowest BCUT2D eigenvalue weighted by Crippen LogP contribution is -2.47. The average molecular weight is 367 g/mol. The van der Waals surface area contributed by atoms with Gasteiger partial charge in [0.05, 0.1) is 13.2 Å². The minimum atomic E-state index is -4.67. The molecule has 1 unspecified atom stereocenters. The molecule has 1 heterocycles. The van der Waals surface area contributed by atoms with Crippen molar-refractivity contribution in [3.8, 4) is 0 Å². The van der Waals surface area contributed by atoms with Gasteiger partial charge in [0, 0.05) is 12.8 Å². The van der Waals surface area contributed by atoms with Gasteiger partial charge >= 0.3 is 10.4 Å². The van der Waals surface area contributed by atoms with Gasteiger partial charge in [-0.1, -0.05) is 27.7 Å². The Morgan fingerprint density at radius 2 is 1.58 bits per heavy atom. The van der Waals surface area contributed by atoms with Crippen LogP contribution in [0.3, 0.4) is 0 Å². The molecule has 24 heavy (non-hydrogen) atoms. The monoisotopic (exact) mass is 367 g/mol. The maximum Gasteiger partial charge on any atom is 0.394 e. The van der Waals surface area contributed by atoms with Crippen molar-refractivity contribution in [2.75, 3.05) is 13.2 Å². The van der Waals surface area contributed by atoms with Crippen molar-refractivity contribution in [2.24, 2.45) is 27.3 Å². The van der Waals surface area contributed by atoms with Crippen LogP contribution >= 0.6 is 0 Å². The fraction of sp³-hybridized carbons (Fsp3) is 0.929. The Morgan fingerprint density at radius 3 is 2.00 bits per heavy atom. The first-order valence-corrected chi connectivity index (χ1v) is 9.08. The highest BCUT2D eigenvalue weighted by atomic mass is 32.3. The minimum absolute atomic E-state index is 0.0354. The second-order valence-electron chi connectivity index (χ2n) is 8.03. The zero-order valence-corrected chi connectivity index (χ0v) is 15.5. The van der Waals surface area contributed by atoms with Gasteiger partial charge in [-0.2, -0.15) is 8.42 Å². The molecule has 10 heteroatoms. The lowest BCUT2D eigenvalue weighted by atomic mass is 9.63. The van der Waals surface area contributed by atoms with Gasteiger partial charge in [-0.3, -0.25) is 14.1 Å². The molecular weight excluding hydrogens is 338 g/mol. The Balaban J connectivity index is 0.000000505. The molecule has 2 rings (SSSR count). The number of nitrogens with zero attached hydrogens (tertiary/aromatic N) is 1. The highest BCUT2D eigenvalue weighted by Crippen LogP contribution is 2.53. The average Bonchev–Trinajstić information content (AvgIpc) is 2.61. The quantitative estimate of drug-likeness (QED) is 0.319. The predicted octanol–water partition coefficient (Wildman–Crippen LogP) is 0.955. The van der Waals surface area contributed by atoms with Gasteiger partial charge < -0.3 is 20.9 Å². The van der Waals surface area contributed by atoms with E-state index in [0.717, 1.165) is 12.8 Å². The Hall–Kier alpha value is -0.940. The van der Waals surface area contributed by atoms with Crippen molar-refractivity contribution in [1.82, 2.24) is 0 Å². The molecule has 0 radical (unpaired) electrons. The molecule has 2 aliphatic rings. The third-order valence-corrected chi connectivity index (χ3v) is 3.84. The summed E-state index contributed by atoms with van der Waals surface area (Å²) in [5.41, 5.74) is 11.2. The number of nitrogens with two attached hydrogens (primary N) is 2. The number of rotatable bonds is 2. The molecule has 0 bridgehead atoms. The lowest BCUT2D eigenvalue weighted by molar-refractivity contribution is -0.229. The van der Waals surface area contributed by atoms with Crippen molar-refractivity contribution < 1.29 is 27.0 Å². The molecule has 1 spiro atoms. The van der Waals surface area contributed by atoms with Crippen molar-refractivity contribution >= 4 is 16.4 Å². The fourth-order valence-electron chi connectivity index (χ4n) is 4.04. The third-order valence-electron chi connectivity index (χ3n) is 3.84. The Kier molecular flexibility index (Phi) is 6.26. The van der Waals surface area contributed by atoms with E-state index < -0.39 is 16.2 Å². The van der Waals surface area contributed by atoms with E-state index in [9.17, 15) is 0 Å². The lowest BCUT2D eigenvalue weighted by Gasteiger charge is -2.49. The van der Waals surface area contributed by atoms with Crippen molar-refractivity contribution in [2.45, 2.75) is 58.8 Å². The summed E-state index contributed by atoms with van der Waals surface area (Å²) in [6, 6.07) is 0. The molecule has 1 aliphatic carbocycles.